The van der Waals surface area contributed by atoms with Gasteiger partial charge in [-0.2, -0.15) is 0 Å². The molecular weight excluding hydrogens is 408 g/mol. The molecule has 30 heavy (non-hydrogen) atoms. The molecule has 160 valence electrons. The van der Waals surface area contributed by atoms with E-state index in [2.05, 4.69) is 22.2 Å². The van der Waals surface area contributed by atoms with Gasteiger partial charge < -0.3 is 10.2 Å². The first-order chi connectivity index (χ1) is 14.1. The van der Waals surface area contributed by atoms with E-state index in [1.807, 2.05) is 18.2 Å². The van der Waals surface area contributed by atoms with Crippen LogP contribution in [0.15, 0.2) is 47.4 Å². The number of likely N-dealkylation sites (N-methyl/N-ethyl adjacent to an activating group) is 1. The van der Waals surface area contributed by atoms with Crippen LogP contribution in [-0.2, 0) is 16.4 Å². The van der Waals surface area contributed by atoms with Gasteiger partial charge in [0.1, 0.15) is 0 Å². The number of nitrogens with one attached hydrogen (secondary N) is 1. The van der Waals surface area contributed by atoms with E-state index >= 15 is 0 Å². The summed E-state index contributed by atoms with van der Waals surface area (Å²) in [5.74, 6) is -0.611. The number of piperazine rings is 1. The summed E-state index contributed by atoms with van der Waals surface area (Å²) >= 11 is 0. The highest BCUT2D eigenvalue weighted by molar-refractivity contribution is 7.90. The number of nitro groups is 1. The zero-order valence-corrected chi connectivity index (χ0v) is 17.7. The molecule has 0 saturated carbocycles. The summed E-state index contributed by atoms with van der Waals surface area (Å²) < 4.78 is 23.7. The van der Waals surface area contributed by atoms with Gasteiger partial charge in [0.25, 0.3) is 11.6 Å². The Morgan fingerprint density at radius 3 is 2.47 bits per heavy atom. The summed E-state index contributed by atoms with van der Waals surface area (Å²) in [6, 6.07) is 10.5. The van der Waals surface area contributed by atoms with Crippen molar-refractivity contribution in [2.45, 2.75) is 11.4 Å². The predicted octanol–water partition coefficient (Wildman–Crippen LogP) is 2.00. The average Bonchev–Trinajstić information content (AvgIpc) is 2.69. The van der Waals surface area contributed by atoms with E-state index in [1.54, 1.807) is 6.07 Å². The second-order valence-electron chi connectivity index (χ2n) is 7.48. The lowest BCUT2D eigenvalue weighted by molar-refractivity contribution is -0.385. The molecule has 9 nitrogen and oxygen atoms in total. The molecular formula is C20H24N4O5S. The number of hydrogen-bond acceptors (Lipinski definition) is 7. The number of rotatable bonds is 6. The summed E-state index contributed by atoms with van der Waals surface area (Å²) in [7, 11) is -1.61. The van der Waals surface area contributed by atoms with E-state index in [1.165, 1.54) is 0 Å². The Morgan fingerprint density at radius 2 is 1.83 bits per heavy atom. The summed E-state index contributed by atoms with van der Waals surface area (Å²) in [6.07, 6.45) is 0.940. The molecule has 1 N–H and O–H groups in total. The number of hydrogen-bond donors (Lipinski definition) is 1. The first kappa shape index (κ1) is 21.9. The van der Waals surface area contributed by atoms with E-state index in [-0.39, 0.29) is 10.5 Å². The van der Waals surface area contributed by atoms with Gasteiger partial charge in [-0.1, -0.05) is 12.1 Å². The molecule has 1 aliphatic heterocycles. The summed E-state index contributed by atoms with van der Waals surface area (Å²) in [6.45, 7) is 4.70. The van der Waals surface area contributed by atoms with Gasteiger partial charge in [-0.3, -0.25) is 19.8 Å². The molecule has 0 unspecified atom stereocenters. The number of nitrogens with zero attached hydrogens (tertiary/aromatic N) is 3. The van der Waals surface area contributed by atoms with Crippen molar-refractivity contribution in [1.29, 1.82) is 0 Å². The molecule has 0 bridgehead atoms. The number of anilines is 1. The molecule has 0 atom stereocenters. The second kappa shape index (κ2) is 8.90. The molecule has 1 heterocycles. The number of non-ortho nitro benzene ring substituents is 1. The number of amides is 1. The van der Waals surface area contributed by atoms with Gasteiger partial charge in [-0.15, -0.1) is 0 Å². The molecule has 10 heteroatoms. The van der Waals surface area contributed by atoms with Gasteiger partial charge in [0.05, 0.1) is 9.82 Å². The fraction of sp³-hybridized carbons (Fsp3) is 0.350. The van der Waals surface area contributed by atoms with E-state index in [9.17, 15) is 23.3 Å². The maximum atomic E-state index is 12.7. The van der Waals surface area contributed by atoms with Crippen LogP contribution in [0, 0.1) is 10.1 Å². The van der Waals surface area contributed by atoms with Crippen LogP contribution in [-0.4, -0.2) is 68.5 Å². The highest BCUT2D eigenvalue weighted by Crippen LogP contribution is 2.22. The monoisotopic (exact) mass is 432 g/mol. The van der Waals surface area contributed by atoms with Crippen LogP contribution >= 0.6 is 0 Å². The van der Waals surface area contributed by atoms with Crippen LogP contribution in [0.1, 0.15) is 15.9 Å². The van der Waals surface area contributed by atoms with Crippen molar-refractivity contribution in [3.8, 4) is 0 Å². The zero-order chi connectivity index (χ0) is 21.9. The molecule has 1 amide bonds. The van der Waals surface area contributed by atoms with Gasteiger partial charge in [0, 0.05) is 62.4 Å². The topological polar surface area (TPSA) is 113 Å². The fourth-order valence-electron chi connectivity index (χ4n) is 3.25. The molecule has 0 aliphatic carbocycles. The van der Waals surface area contributed by atoms with Gasteiger partial charge in [0.2, 0.25) is 0 Å². The molecule has 0 radical (unpaired) electrons. The smallest absolute Gasteiger partial charge is 0.271 e. The number of benzene rings is 2. The second-order valence-corrected chi connectivity index (χ2v) is 9.49. The van der Waals surface area contributed by atoms with Gasteiger partial charge in [0.15, 0.2) is 9.84 Å². The van der Waals surface area contributed by atoms with E-state index in [0.29, 0.717) is 5.69 Å². The third-order valence-electron chi connectivity index (χ3n) is 4.98. The quantitative estimate of drug-likeness (QED) is 0.549. The lowest BCUT2D eigenvalue weighted by Crippen LogP contribution is -2.43. The lowest BCUT2D eigenvalue weighted by Gasteiger charge is -2.32. The number of carbonyl (C=O) groups excluding carboxylic acids is 1. The number of carbonyl (C=O) groups is 1. The highest BCUT2D eigenvalue weighted by Gasteiger charge is 2.19. The van der Waals surface area contributed by atoms with Crippen molar-refractivity contribution in [2.75, 3.05) is 44.8 Å². The van der Waals surface area contributed by atoms with E-state index in [4.69, 9.17) is 0 Å². The Bertz CT molecular complexity index is 1060. The Hall–Kier alpha value is -2.82. The predicted molar refractivity (Wildman–Crippen MR) is 113 cm³/mol. The molecule has 1 aliphatic rings. The fourth-order valence-corrected chi connectivity index (χ4v) is 3.92. The third-order valence-corrected chi connectivity index (χ3v) is 6.07. The normalized spacial score (nSPS) is 15.7. The first-order valence-corrected chi connectivity index (χ1v) is 11.3. The van der Waals surface area contributed by atoms with Crippen LogP contribution in [0.5, 0.6) is 0 Å². The molecule has 0 aromatic heterocycles. The number of sulfone groups is 1. The minimum atomic E-state index is -3.71. The Kier molecular flexibility index (Phi) is 6.49. The molecule has 3 rings (SSSR count). The maximum Gasteiger partial charge on any atom is 0.271 e. The van der Waals surface area contributed by atoms with Crippen LogP contribution in [0.25, 0.3) is 0 Å². The van der Waals surface area contributed by atoms with Crippen molar-refractivity contribution in [1.82, 2.24) is 9.80 Å². The van der Waals surface area contributed by atoms with Crippen LogP contribution in [0.2, 0.25) is 0 Å². The average molecular weight is 433 g/mol. The molecule has 2 aromatic rings. The minimum Gasteiger partial charge on any atom is -0.322 e. The summed E-state index contributed by atoms with van der Waals surface area (Å²) in [5, 5.41) is 13.8. The standard InChI is InChI=1S/C20H24N4O5S/c1-22-6-8-23(9-7-22)14-15-4-3-5-17(10-15)21-20(25)16-11-18(24(26)27)13-19(12-16)30(2,28)29/h3-5,10-13H,6-9,14H2,1-2H3,(H,21,25). The number of nitro benzene ring substituents is 1. The van der Waals surface area contributed by atoms with Crippen molar-refractivity contribution < 1.29 is 18.1 Å². The van der Waals surface area contributed by atoms with E-state index < -0.39 is 26.4 Å². The van der Waals surface area contributed by atoms with Crippen LogP contribution < -0.4 is 5.32 Å². The molecule has 1 fully saturated rings. The SMILES string of the molecule is CN1CCN(Cc2cccc(NC(=O)c3cc([N+](=O)[O-])cc(S(C)(=O)=O)c3)c2)CC1. The largest absolute Gasteiger partial charge is 0.322 e. The minimum absolute atomic E-state index is 0.0888. The maximum absolute atomic E-state index is 12.7. The van der Waals surface area contributed by atoms with Gasteiger partial charge in [-0.05, 0) is 30.8 Å². The molecule has 1 saturated heterocycles. The van der Waals surface area contributed by atoms with Crippen molar-refractivity contribution in [2.24, 2.45) is 0 Å². The van der Waals surface area contributed by atoms with Crippen molar-refractivity contribution in [3.63, 3.8) is 0 Å². The Morgan fingerprint density at radius 1 is 1.13 bits per heavy atom. The van der Waals surface area contributed by atoms with Crippen LogP contribution in [0.4, 0.5) is 11.4 Å². The first-order valence-electron chi connectivity index (χ1n) is 9.42. The lowest BCUT2D eigenvalue weighted by atomic mass is 10.1. The Labute approximate surface area is 175 Å². The van der Waals surface area contributed by atoms with Gasteiger partial charge in [-0.25, -0.2) is 8.42 Å². The molecule has 0 spiro atoms. The van der Waals surface area contributed by atoms with E-state index in [0.717, 1.165) is 62.7 Å². The van der Waals surface area contributed by atoms with Gasteiger partial charge >= 0.3 is 0 Å². The summed E-state index contributed by atoms with van der Waals surface area (Å²) in [5.41, 5.74) is 1.04. The van der Waals surface area contributed by atoms with Crippen molar-refractivity contribution in [3.05, 3.63) is 63.7 Å². The Balaban J connectivity index is 1.77. The molecule has 2 aromatic carbocycles. The summed E-state index contributed by atoms with van der Waals surface area (Å²) in [4.78, 5) is 27.4. The van der Waals surface area contributed by atoms with Crippen LogP contribution in [0.3, 0.4) is 0 Å². The third kappa shape index (κ3) is 5.62. The van der Waals surface area contributed by atoms with Crippen molar-refractivity contribution >= 4 is 27.1 Å². The highest BCUT2D eigenvalue weighted by atomic mass is 32.2. The zero-order valence-electron chi connectivity index (χ0n) is 16.9.